The molecule has 3 aliphatic rings. The number of nitrogens with zero attached hydrogens (tertiary/aromatic N) is 2. The van der Waals surface area contributed by atoms with Gasteiger partial charge in [-0.05, 0) is 25.7 Å². The molecule has 3 saturated heterocycles. The van der Waals surface area contributed by atoms with Crippen molar-refractivity contribution in [1.29, 1.82) is 0 Å². The van der Waals surface area contributed by atoms with Crippen LogP contribution in [-0.4, -0.2) is 75.7 Å². The van der Waals surface area contributed by atoms with Gasteiger partial charge in [0.1, 0.15) is 0 Å². The fourth-order valence-electron chi connectivity index (χ4n) is 3.88. The van der Waals surface area contributed by atoms with E-state index < -0.39 is 0 Å². The van der Waals surface area contributed by atoms with Gasteiger partial charge in [-0.2, -0.15) is 0 Å². The van der Waals surface area contributed by atoms with Crippen LogP contribution in [-0.2, 0) is 9.47 Å². The van der Waals surface area contributed by atoms with Crippen LogP contribution < -0.4 is 5.32 Å². The number of aliphatic hydroxyl groups excluding tert-OH is 1. The zero-order valence-corrected chi connectivity index (χ0v) is 13.6. The lowest BCUT2D eigenvalue weighted by Gasteiger charge is -2.36. The predicted molar refractivity (Wildman–Crippen MR) is 85.0 cm³/mol. The highest BCUT2D eigenvalue weighted by Crippen LogP contribution is 2.38. The van der Waals surface area contributed by atoms with Crippen molar-refractivity contribution < 1.29 is 14.6 Å². The lowest BCUT2D eigenvalue weighted by Crippen LogP contribution is -2.48. The molecule has 2 N–H and O–H groups in total. The Hall–Kier alpha value is -0.850. The molecule has 6 nitrogen and oxygen atoms in total. The lowest BCUT2D eigenvalue weighted by molar-refractivity contribution is -0.0134. The molecule has 0 aromatic rings. The van der Waals surface area contributed by atoms with Gasteiger partial charge in [-0.3, -0.25) is 4.99 Å². The Balaban J connectivity index is 1.56. The second kappa shape index (κ2) is 6.72. The summed E-state index contributed by atoms with van der Waals surface area (Å²) < 4.78 is 11.0. The van der Waals surface area contributed by atoms with E-state index in [4.69, 9.17) is 9.47 Å². The molecule has 1 unspecified atom stereocenters. The standard InChI is InChI=1S/C16H29N3O3/c1-17-14(18-10-15(12-20)3-7-21-8-4-15)19-6-2-16(11-19)5-9-22-13-16/h20H,2-13H2,1H3,(H,17,18). The van der Waals surface area contributed by atoms with Crippen molar-refractivity contribution in [2.75, 3.05) is 59.7 Å². The molecule has 0 saturated carbocycles. The summed E-state index contributed by atoms with van der Waals surface area (Å²) in [4.78, 5) is 6.80. The van der Waals surface area contributed by atoms with Crippen molar-refractivity contribution in [1.82, 2.24) is 10.2 Å². The van der Waals surface area contributed by atoms with Crippen LogP contribution in [0.5, 0.6) is 0 Å². The highest BCUT2D eigenvalue weighted by molar-refractivity contribution is 5.80. The number of hydrogen-bond acceptors (Lipinski definition) is 4. The van der Waals surface area contributed by atoms with Gasteiger partial charge in [0, 0.05) is 57.3 Å². The van der Waals surface area contributed by atoms with Gasteiger partial charge in [0.05, 0.1) is 13.2 Å². The summed E-state index contributed by atoms with van der Waals surface area (Å²) in [7, 11) is 1.84. The predicted octanol–water partition coefficient (Wildman–Crippen LogP) is 0.463. The minimum Gasteiger partial charge on any atom is -0.396 e. The van der Waals surface area contributed by atoms with E-state index in [-0.39, 0.29) is 12.0 Å². The van der Waals surface area contributed by atoms with Gasteiger partial charge in [0.25, 0.3) is 0 Å². The summed E-state index contributed by atoms with van der Waals surface area (Å²) in [6.45, 7) is 6.31. The molecule has 126 valence electrons. The maximum Gasteiger partial charge on any atom is 0.193 e. The molecule has 0 radical (unpaired) electrons. The third-order valence-electron chi connectivity index (χ3n) is 5.65. The van der Waals surface area contributed by atoms with Gasteiger partial charge in [0.2, 0.25) is 0 Å². The van der Waals surface area contributed by atoms with E-state index in [2.05, 4.69) is 15.2 Å². The number of likely N-dealkylation sites (tertiary alicyclic amines) is 1. The van der Waals surface area contributed by atoms with Crippen molar-refractivity contribution >= 4 is 5.96 Å². The van der Waals surface area contributed by atoms with Gasteiger partial charge in [-0.25, -0.2) is 0 Å². The van der Waals surface area contributed by atoms with Crippen molar-refractivity contribution in [3.8, 4) is 0 Å². The quantitative estimate of drug-likeness (QED) is 0.586. The summed E-state index contributed by atoms with van der Waals surface area (Å²) >= 11 is 0. The number of guanidine groups is 1. The Bertz CT molecular complexity index is 401. The molecule has 1 spiro atoms. The van der Waals surface area contributed by atoms with Gasteiger partial charge < -0.3 is 24.8 Å². The van der Waals surface area contributed by atoms with Crippen LogP contribution in [0.1, 0.15) is 25.7 Å². The molecule has 3 heterocycles. The highest BCUT2D eigenvalue weighted by Gasteiger charge is 2.42. The van der Waals surface area contributed by atoms with Crippen molar-refractivity contribution in [3.05, 3.63) is 0 Å². The molecule has 6 heteroatoms. The van der Waals surface area contributed by atoms with Gasteiger partial charge in [-0.15, -0.1) is 0 Å². The number of aliphatic hydroxyl groups is 1. The maximum absolute atomic E-state index is 9.79. The normalized spacial score (nSPS) is 31.9. The Labute approximate surface area is 132 Å². The van der Waals surface area contributed by atoms with E-state index in [9.17, 15) is 5.11 Å². The average Bonchev–Trinajstić information content (AvgIpc) is 3.20. The first kappa shape index (κ1) is 16.0. The van der Waals surface area contributed by atoms with E-state index >= 15 is 0 Å². The molecule has 3 fully saturated rings. The summed E-state index contributed by atoms with van der Waals surface area (Å²) in [5, 5.41) is 13.3. The van der Waals surface area contributed by atoms with Crippen molar-refractivity contribution in [3.63, 3.8) is 0 Å². The smallest absolute Gasteiger partial charge is 0.193 e. The number of ether oxygens (including phenoxy) is 2. The van der Waals surface area contributed by atoms with Crippen LogP contribution in [0.25, 0.3) is 0 Å². The fourth-order valence-corrected chi connectivity index (χ4v) is 3.88. The van der Waals surface area contributed by atoms with E-state index in [1.54, 1.807) is 0 Å². The van der Waals surface area contributed by atoms with E-state index in [1.165, 1.54) is 12.8 Å². The minimum atomic E-state index is -0.0674. The SMILES string of the molecule is CN=C(NCC1(CO)CCOCC1)N1CCC2(CCOC2)C1. The Morgan fingerprint density at radius 1 is 1.18 bits per heavy atom. The minimum absolute atomic E-state index is 0.0674. The number of nitrogens with one attached hydrogen (secondary N) is 1. The Kier molecular flexibility index (Phi) is 4.90. The first-order chi connectivity index (χ1) is 10.7. The highest BCUT2D eigenvalue weighted by atomic mass is 16.5. The zero-order chi connectivity index (χ0) is 15.5. The van der Waals surface area contributed by atoms with Gasteiger partial charge in [0.15, 0.2) is 5.96 Å². The molecule has 3 aliphatic heterocycles. The summed E-state index contributed by atoms with van der Waals surface area (Å²) in [6.07, 6.45) is 4.17. The third kappa shape index (κ3) is 3.24. The molecule has 0 aromatic carbocycles. The Morgan fingerprint density at radius 3 is 2.59 bits per heavy atom. The molecule has 0 aromatic heterocycles. The molecule has 22 heavy (non-hydrogen) atoms. The molecular weight excluding hydrogens is 282 g/mol. The van der Waals surface area contributed by atoms with Crippen LogP contribution >= 0.6 is 0 Å². The van der Waals surface area contributed by atoms with E-state index in [0.717, 1.165) is 64.9 Å². The second-order valence-corrected chi connectivity index (χ2v) is 7.15. The first-order valence-electron chi connectivity index (χ1n) is 8.43. The van der Waals surface area contributed by atoms with Crippen LogP contribution in [0.15, 0.2) is 4.99 Å². The largest absolute Gasteiger partial charge is 0.396 e. The number of hydrogen-bond donors (Lipinski definition) is 2. The molecule has 0 bridgehead atoms. The van der Waals surface area contributed by atoms with Crippen LogP contribution in [0.3, 0.4) is 0 Å². The fraction of sp³-hybridized carbons (Fsp3) is 0.938. The molecule has 1 atom stereocenters. The second-order valence-electron chi connectivity index (χ2n) is 7.15. The molecular formula is C16H29N3O3. The molecule has 3 rings (SSSR count). The van der Waals surface area contributed by atoms with Crippen LogP contribution in [0.4, 0.5) is 0 Å². The van der Waals surface area contributed by atoms with Crippen LogP contribution in [0, 0.1) is 10.8 Å². The third-order valence-corrected chi connectivity index (χ3v) is 5.65. The summed E-state index contributed by atoms with van der Waals surface area (Å²) in [5.74, 6) is 0.961. The Morgan fingerprint density at radius 2 is 1.95 bits per heavy atom. The van der Waals surface area contributed by atoms with Crippen LogP contribution in [0.2, 0.25) is 0 Å². The lowest BCUT2D eigenvalue weighted by atomic mass is 9.81. The van der Waals surface area contributed by atoms with Gasteiger partial charge >= 0.3 is 0 Å². The van der Waals surface area contributed by atoms with Crippen molar-refractivity contribution in [2.45, 2.75) is 25.7 Å². The van der Waals surface area contributed by atoms with Crippen molar-refractivity contribution in [2.24, 2.45) is 15.8 Å². The number of aliphatic imine (C=N–C) groups is 1. The zero-order valence-electron chi connectivity index (χ0n) is 13.6. The molecule has 0 amide bonds. The summed E-state index contributed by atoms with van der Waals surface area (Å²) in [5.41, 5.74) is 0.271. The summed E-state index contributed by atoms with van der Waals surface area (Å²) in [6, 6.07) is 0. The average molecular weight is 311 g/mol. The monoisotopic (exact) mass is 311 g/mol. The first-order valence-corrected chi connectivity index (χ1v) is 8.43. The molecule has 0 aliphatic carbocycles. The maximum atomic E-state index is 9.79. The van der Waals surface area contributed by atoms with E-state index in [0.29, 0.717) is 5.41 Å². The number of rotatable bonds is 3. The van der Waals surface area contributed by atoms with Gasteiger partial charge in [-0.1, -0.05) is 0 Å². The van der Waals surface area contributed by atoms with E-state index in [1.807, 2.05) is 7.05 Å². The topological polar surface area (TPSA) is 66.3 Å².